The number of aromatic nitrogens is 4. The van der Waals surface area contributed by atoms with Gasteiger partial charge in [-0.25, -0.2) is 0 Å². The molecule has 146 valence electrons. The number of carbonyl (C=O) groups excluding carboxylic acids is 1. The van der Waals surface area contributed by atoms with Gasteiger partial charge in [-0.15, -0.1) is 10.2 Å². The fourth-order valence-electron chi connectivity index (χ4n) is 2.46. The number of hydrogen-bond donors (Lipinski definition) is 1. The van der Waals surface area contributed by atoms with Crippen LogP contribution in [-0.4, -0.2) is 44.6 Å². The molecule has 7 nitrogen and oxygen atoms in total. The van der Waals surface area contributed by atoms with Crippen molar-refractivity contribution in [2.24, 2.45) is 0 Å². The third-order valence-electron chi connectivity index (χ3n) is 3.94. The van der Waals surface area contributed by atoms with Gasteiger partial charge in [0.2, 0.25) is 5.91 Å². The number of anilines is 1. The number of halogens is 1. The highest BCUT2D eigenvalue weighted by Crippen LogP contribution is 2.27. The molecular formula is C19H20BrN5O2S. The van der Waals surface area contributed by atoms with Crippen molar-refractivity contribution in [2.75, 3.05) is 19.0 Å². The average molecular weight is 462 g/mol. The summed E-state index contributed by atoms with van der Waals surface area (Å²) >= 11 is 4.75. The monoisotopic (exact) mass is 461 g/mol. The van der Waals surface area contributed by atoms with Gasteiger partial charge >= 0.3 is 0 Å². The van der Waals surface area contributed by atoms with E-state index in [4.69, 9.17) is 4.74 Å². The molecule has 0 saturated carbocycles. The molecule has 0 unspecified atom stereocenters. The molecule has 0 spiro atoms. The largest absolute Gasteiger partial charge is 0.383 e. The molecule has 0 aliphatic rings. The summed E-state index contributed by atoms with van der Waals surface area (Å²) in [6.07, 6.45) is 3.43. The van der Waals surface area contributed by atoms with E-state index in [1.54, 1.807) is 19.5 Å². The molecule has 0 bridgehead atoms. The molecule has 1 aromatic carbocycles. The van der Waals surface area contributed by atoms with Crippen LogP contribution in [0.5, 0.6) is 0 Å². The van der Waals surface area contributed by atoms with Crippen molar-refractivity contribution >= 4 is 39.3 Å². The molecule has 0 fully saturated rings. The number of rotatable bonds is 8. The maximum Gasteiger partial charge on any atom is 0.237 e. The lowest BCUT2D eigenvalue weighted by Gasteiger charge is -2.13. The summed E-state index contributed by atoms with van der Waals surface area (Å²) in [4.78, 5) is 16.6. The number of pyridine rings is 1. The van der Waals surface area contributed by atoms with E-state index in [-0.39, 0.29) is 11.2 Å². The molecule has 0 saturated heterocycles. The summed E-state index contributed by atoms with van der Waals surface area (Å²) in [5.41, 5.74) is 1.66. The van der Waals surface area contributed by atoms with E-state index in [1.165, 1.54) is 11.8 Å². The molecule has 1 amide bonds. The van der Waals surface area contributed by atoms with Crippen LogP contribution in [0.3, 0.4) is 0 Å². The van der Waals surface area contributed by atoms with Crippen molar-refractivity contribution in [2.45, 2.75) is 23.9 Å². The maximum atomic E-state index is 12.6. The molecule has 2 aromatic heterocycles. The van der Waals surface area contributed by atoms with Crippen LogP contribution in [-0.2, 0) is 16.1 Å². The second-order valence-corrected chi connectivity index (χ2v) is 8.17. The average Bonchev–Trinajstić information content (AvgIpc) is 3.11. The van der Waals surface area contributed by atoms with Gasteiger partial charge in [0.25, 0.3) is 0 Å². The minimum Gasteiger partial charge on any atom is -0.383 e. The summed E-state index contributed by atoms with van der Waals surface area (Å²) < 4.78 is 8.15. The number of amides is 1. The molecule has 0 aliphatic carbocycles. The summed E-state index contributed by atoms with van der Waals surface area (Å²) in [7, 11) is 1.65. The van der Waals surface area contributed by atoms with Gasteiger partial charge in [0.05, 0.1) is 18.4 Å². The van der Waals surface area contributed by atoms with E-state index in [0.717, 1.165) is 21.5 Å². The van der Waals surface area contributed by atoms with Crippen LogP contribution in [0.25, 0.3) is 11.4 Å². The first kappa shape index (κ1) is 20.5. The van der Waals surface area contributed by atoms with Crippen LogP contribution >= 0.6 is 27.7 Å². The number of nitrogens with zero attached hydrogens (tertiary/aromatic N) is 4. The Morgan fingerprint density at radius 1 is 1.21 bits per heavy atom. The van der Waals surface area contributed by atoms with E-state index >= 15 is 0 Å². The van der Waals surface area contributed by atoms with Crippen LogP contribution in [0.4, 0.5) is 5.69 Å². The highest BCUT2D eigenvalue weighted by atomic mass is 79.9. The normalized spacial score (nSPS) is 12.0. The third kappa shape index (κ3) is 5.18. The molecule has 2 heterocycles. The van der Waals surface area contributed by atoms with Gasteiger partial charge in [-0.05, 0) is 43.3 Å². The SMILES string of the molecule is COCCn1c(S[C@H](C)C(=O)Nc2ccc(Br)cc2)nnc1-c1ccncc1. The Morgan fingerprint density at radius 2 is 1.93 bits per heavy atom. The zero-order valence-electron chi connectivity index (χ0n) is 15.5. The predicted molar refractivity (Wildman–Crippen MR) is 113 cm³/mol. The van der Waals surface area contributed by atoms with Crippen molar-refractivity contribution < 1.29 is 9.53 Å². The van der Waals surface area contributed by atoms with Crippen molar-refractivity contribution in [3.63, 3.8) is 0 Å². The van der Waals surface area contributed by atoms with Crippen molar-refractivity contribution in [3.05, 3.63) is 53.3 Å². The van der Waals surface area contributed by atoms with Gasteiger partial charge in [0.1, 0.15) is 0 Å². The Kier molecular flexibility index (Phi) is 7.18. The molecule has 28 heavy (non-hydrogen) atoms. The lowest BCUT2D eigenvalue weighted by atomic mass is 10.2. The van der Waals surface area contributed by atoms with Crippen molar-refractivity contribution in [1.29, 1.82) is 0 Å². The molecule has 0 radical (unpaired) electrons. The van der Waals surface area contributed by atoms with Crippen LogP contribution < -0.4 is 5.32 Å². The number of nitrogens with one attached hydrogen (secondary N) is 1. The number of benzene rings is 1. The quantitative estimate of drug-likeness (QED) is 0.512. The second kappa shape index (κ2) is 9.81. The zero-order valence-corrected chi connectivity index (χ0v) is 17.9. The highest BCUT2D eigenvalue weighted by Gasteiger charge is 2.21. The number of carbonyl (C=O) groups is 1. The predicted octanol–water partition coefficient (Wildman–Crippen LogP) is 3.87. The van der Waals surface area contributed by atoms with Gasteiger partial charge in [-0.1, -0.05) is 27.7 Å². The van der Waals surface area contributed by atoms with E-state index in [1.807, 2.05) is 47.9 Å². The summed E-state index contributed by atoms with van der Waals surface area (Å²) in [6.45, 7) is 2.95. The fourth-order valence-corrected chi connectivity index (χ4v) is 3.60. The number of thioether (sulfide) groups is 1. The number of hydrogen-bond acceptors (Lipinski definition) is 6. The van der Waals surface area contributed by atoms with Crippen molar-refractivity contribution in [3.8, 4) is 11.4 Å². The van der Waals surface area contributed by atoms with Crippen molar-refractivity contribution in [1.82, 2.24) is 19.7 Å². The molecule has 3 rings (SSSR count). The molecule has 1 atom stereocenters. The topological polar surface area (TPSA) is 81.9 Å². The molecule has 9 heteroatoms. The van der Waals surface area contributed by atoms with Gasteiger partial charge < -0.3 is 10.1 Å². The van der Waals surface area contributed by atoms with E-state index < -0.39 is 0 Å². The Labute approximate surface area is 176 Å². The second-order valence-electron chi connectivity index (χ2n) is 5.94. The Bertz CT molecular complexity index is 918. The molecular weight excluding hydrogens is 442 g/mol. The Morgan fingerprint density at radius 3 is 2.61 bits per heavy atom. The first-order chi connectivity index (χ1) is 13.6. The first-order valence-electron chi connectivity index (χ1n) is 8.64. The van der Waals surface area contributed by atoms with Gasteiger partial charge in [-0.2, -0.15) is 0 Å². The lowest BCUT2D eigenvalue weighted by molar-refractivity contribution is -0.115. The molecule has 1 N–H and O–H groups in total. The van der Waals surface area contributed by atoms with E-state index in [0.29, 0.717) is 18.3 Å². The Hall–Kier alpha value is -2.23. The summed E-state index contributed by atoms with van der Waals surface area (Å²) in [5, 5.41) is 11.9. The van der Waals surface area contributed by atoms with Gasteiger partial charge in [0.15, 0.2) is 11.0 Å². The Balaban J connectivity index is 1.75. The van der Waals surface area contributed by atoms with E-state index in [9.17, 15) is 4.79 Å². The first-order valence-corrected chi connectivity index (χ1v) is 10.3. The van der Waals surface area contributed by atoms with Crippen LogP contribution in [0.15, 0.2) is 58.4 Å². The van der Waals surface area contributed by atoms with Gasteiger partial charge in [-0.3, -0.25) is 14.3 Å². The zero-order chi connectivity index (χ0) is 19.9. The fraction of sp³-hybridized carbons (Fsp3) is 0.263. The third-order valence-corrected chi connectivity index (χ3v) is 5.55. The van der Waals surface area contributed by atoms with Crippen LogP contribution in [0.1, 0.15) is 6.92 Å². The van der Waals surface area contributed by atoms with E-state index in [2.05, 4.69) is 36.4 Å². The van der Waals surface area contributed by atoms with Crippen LogP contribution in [0, 0.1) is 0 Å². The summed E-state index contributed by atoms with van der Waals surface area (Å²) in [6, 6.07) is 11.2. The number of ether oxygens (including phenoxy) is 1. The standard InChI is InChI=1S/C19H20BrN5O2S/c1-13(18(26)22-16-5-3-15(20)4-6-16)28-19-24-23-17(25(19)11-12-27-2)14-7-9-21-10-8-14/h3-10,13H,11-12H2,1-2H3,(H,22,26)/t13-/m1/s1. The minimum absolute atomic E-state index is 0.0981. The lowest BCUT2D eigenvalue weighted by Crippen LogP contribution is -2.23. The molecule has 0 aliphatic heterocycles. The maximum absolute atomic E-state index is 12.6. The highest BCUT2D eigenvalue weighted by molar-refractivity contribution is 9.10. The molecule has 3 aromatic rings. The summed E-state index contributed by atoms with van der Waals surface area (Å²) in [5.74, 6) is 0.626. The number of methoxy groups -OCH3 is 1. The minimum atomic E-state index is -0.348. The smallest absolute Gasteiger partial charge is 0.237 e. The van der Waals surface area contributed by atoms with Crippen LogP contribution in [0.2, 0.25) is 0 Å². The van der Waals surface area contributed by atoms with Gasteiger partial charge in [0, 0.05) is 35.2 Å².